The van der Waals surface area contributed by atoms with Gasteiger partial charge in [-0.05, 0) is 41.7 Å². The first-order valence-electron chi connectivity index (χ1n) is 12.6. The Labute approximate surface area is 212 Å². The van der Waals surface area contributed by atoms with Crippen LogP contribution in [-0.4, -0.2) is 65.4 Å². The number of carbonyl (C=O) groups excluding carboxylic acids is 1. The van der Waals surface area contributed by atoms with Crippen molar-refractivity contribution in [1.29, 1.82) is 0 Å². The van der Waals surface area contributed by atoms with Gasteiger partial charge in [-0.3, -0.25) is 5.10 Å². The quantitative estimate of drug-likeness (QED) is 0.529. The number of nitrogens with zero attached hydrogens (tertiary/aromatic N) is 3. The fourth-order valence-electron chi connectivity index (χ4n) is 5.22. The van der Waals surface area contributed by atoms with E-state index >= 15 is 0 Å². The number of H-pyrrole nitrogens is 1. The van der Waals surface area contributed by atoms with Gasteiger partial charge in [0.25, 0.3) is 0 Å². The molecule has 6 nitrogen and oxygen atoms in total. The van der Waals surface area contributed by atoms with Crippen molar-refractivity contribution in [2.75, 3.05) is 39.4 Å². The van der Waals surface area contributed by atoms with Gasteiger partial charge in [0.1, 0.15) is 0 Å². The van der Waals surface area contributed by atoms with E-state index in [1.165, 1.54) is 11.1 Å². The molecule has 2 amide bonds. The smallest absolute Gasteiger partial charge is 0.320 e. The van der Waals surface area contributed by atoms with E-state index < -0.39 is 0 Å². The molecule has 0 bridgehead atoms. The normalized spacial score (nSPS) is 20.7. The van der Waals surface area contributed by atoms with Crippen molar-refractivity contribution < 1.29 is 9.53 Å². The number of carbonyl (C=O) groups is 1. The van der Waals surface area contributed by atoms with Gasteiger partial charge < -0.3 is 14.5 Å². The number of hydrogen-bond donors (Lipinski definition) is 1. The van der Waals surface area contributed by atoms with Crippen LogP contribution in [0.1, 0.15) is 53.3 Å². The number of halogens is 1. The van der Waals surface area contributed by atoms with Crippen LogP contribution in [0.4, 0.5) is 4.79 Å². The number of ether oxygens (including phenoxy) is 1. The van der Waals surface area contributed by atoms with Crippen LogP contribution in [-0.2, 0) is 17.6 Å². The van der Waals surface area contributed by atoms with Gasteiger partial charge in [-0.1, -0.05) is 61.0 Å². The zero-order valence-electron chi connectivity index (χ0n) is 20.3. The summed E-state index contributed by atoms with van der Waals surface area (Å²) < 4.78 is 5.46. The number of aryl methyl sites for hydroxylation is 1. The number of rotatable bonds is 5. The first-order valence-corrected chi connectivity index (χ1v) is 13.0. The SMILES string of the molecule is CCc1ccc(C2CC(c3cc(Cc4ccccc4Cl)[nH]n3)CN(C(=O)N3CCOCC3)C2)cc1. The largest absolute Gasteiger partial charge is 0.378 e. The summed E-state index contributed by atoms with van der Waals surface area (Å²) in [7, 11) is 0. The molecule has 0 saturated carbocycles. The Morgan fingerprint density at radius 1 is 1.06 bits per heavy atom. The van der Waals surface area contributed by atoms with Crippen molar-refractivity contribution >= 4 is 17.6 Å². The van der Waals surface area contributed by atoms with Crippen molar-refractivity contribution in [3.63, 3.8) is 0 Å². The fourth-order valence-corrected chi connectivity index (χ4v) is 5.42. The van der Waals surface area contributed by atoms with E-state index in [2.05, 4.69) is 47.5 Å². The first kappa shape index (κ1) is 23.9. The number of benzene rings is 2. The summed E-state index contributed by atoms with van der Waals surface area (Å²) in [5.74, 6) is 0.439. The standard InChI is InChI=1S/C28H33ClN4O2/c1-2-20-7-9-21(10-8-20)23-15-24(19-33(18-23)28(34)32-11-13-35-14-12-32)27-17-25(30-31-27)16-22-5-3-4-6-26(22)29/h3-10,17,23-24H,2,11-16,18-19H2,1H3,(H,30,31). The monoisotopic (exact) mass is 492 g/mol. The minimum Gasteiger partial charge on any atom is -0.378 e. The van der Waals surface area contributed by atoms with Crippen LogP contribution in [0.5, 0.6) is 0 Å². The molecule has 2 aliphatic heterocycles. The Bertz CT molecular complexity index is 1140. The van der Waals surface area contributed by atoms with Crippen molar-refractivity contribution in [3.8, 4) is 0 Å². The van der Waals surface area contributed by atoms with Crippen LogP contribution < -0.4 is 0 Å². The molecule has 2 fully saturated rings. The number of likely N-dealkylation sites (tertiary alicyclic amines) is 1. The van der Waals surface area contributed by atoms with Gasteiger partial charge in [-0.25, -0.2) is 4.79 Å². The topological polar surface area (TPSA) is 61.5 Å². The van der Waals surface area contributed by atoms with Crippen molar-refractivity contribution in [3.05, 3.63) is 87.7 Å². The Morgan fingerprint density at radius 2 is 1.80 bits per heavy atom. The maximum Gasteiger partial charge on any atom is 0.320 e. The molecule has 7 heteroatoms. The lowest BCUT2D eigenvalue weighted by molar-refractivity contribution is 0.0398. The second-order valence-electron chi connectivity index (χ2n) is 9.60. The maximum absolute atomic E-state index is 13.4. The van der Waals surface area contributed by atoms with Crippen LogP contribution in [0.3, 0.4) is 0 Å². The molecule has 5 rings (SSSR count). The molecule has 3 heterocycles. The molecule has 1 aromatic heterocycles. The predicted octanol–water partition coefficient (Wildman–Crippen LogP) is 5.24. The Morgan fingerprint density at radius 3 is 2.54 bits per heavy atom. The molecule has 2 unspecified atom stereocenters. The number of nitrogens with one attached hydrogen (secondary N) is 1. The molecule has 0 aliphatic carbocycles. The fraction of sp³-hybridized carbons (Fsp3) is 0.429. The minimum atomic E-state index is 0.111. The number of amides is 2. The van der Waals surface area contributed by atoms with Crippen LogP contribution in [0.25, 0.3) is 0 Å². The van der Waals surface area contributed by atoms with E-state index in [1.807, 2.05) is 34.1 Å². The van der Waals surface area contributed by atoms with Gasteiger partial charge in [0.05, 0.1) is 18.9 Å². The van der Waals surface area contributed by atoms with Crippen LogP contribution in [0.2, 0.25) is 5.02 Å². The van der Waals surface area contributed by atoms with E-state index in [1.54, 1.807) is 0 Å². The lowest BCUT2D eigenvalue weighted by Crippen LogP contribution is -2.52. The molecule has 2 aliphatic rings. The van der Waals surface area contributed by atoms with E-state index in [-0.39, 0.29) is 17.9 Å². The molecular weight excluding hydrogens is 460 g/mol. The molecular formula is C28H33ClN4O2. The number of piperidine rings is 1. The lowest BCUT2D eigenvalue weighted by atomic mass is 9.82. The third-order valence-electron chi connectivity index (χ3n) is 7.27. The van der Waals surface area contributed by atoms with Gasteiger partial charge >= 0.3 is 6.03 Å². The highest BCUT2D eigenvalue weighted by molar-refractivity contribution is 6.31. The highest BCUT2D eigenvalue weighted by Crippen LogP contribution is 2.36. The molecule has 0 spiro atoms. The van der Waals surface area contributed by atoms with E-state index in [4.69, 9.17) is 16.3 Å². The molecule has 1 N–H and O–H groups in total. The second kappa shape index (κ2) is 10.8. The summed E-state index contributed by atoms with van der Waals surface area (Å²) in [6, 6.07) is 19.1. The molecule has 35 heavy (non-hydrogen) atoms. The Balaban J connectivity index is 1.37. The highest BCUT2D eigenvalue weighted by atomic mass is 35.5. The van der Waals surface area contributed by atoms with Crippen LogP contribution in [0, 0.1) is 0 Å². The summed E-state index contributed by atoms with van der Waals surface area (Å²) in [6.07, 6.45) is 2.70. The van der Waals surface area contributed by atoms with Crippen LogP contribution >= 0.6 is 11.6 Å². The molecule has 2 aromatic carbocycles. The molecule has 2 saturated heterocycles. The molecule has 2 atom stereocenters. The molecule has 3 aromatic rings. The van der Waals surface area contributed by atoms with Gasteiger partial charge in [0, 0.05) is 55.2 Å². The zero-order valence-corrected chi connectivity index (χ0v) is 21.0. The van der Waals surface area contributed by atoms with Crippen LogP contribution in [0.15, 0.2) is 54.6 Å². The first-order chi connectivity index (χ1) is 17.1. The van der Waals surface area contributed by atoms with Crippen molar-refractivity contribution in [1.82, 2.24) is 20.0 Å². The van der Waals surface area contributed by atoms with Gasteiger partial charge in [0.15, 0.2) is 0 Å². The molecule has 0 radical (unpaired) electrons. The van der Waals surface area contributed by atoms with Gasteiger partial charge in [-0.2, -0.15) is 5.10 Å². The van der Waals surface area contributed by atoms with Gasteiger partial charge in [-0.15, -0.1) is 0 Å². The summed E-state index contributed by atoms with van der Waals surface area (Å²) >= 11 is 6.37. The predicted molar refractivity (Wildman–Crippen MR) is 138 cm³/mol. The summed E-state index contributed by atoms with van der Waals surface area (Å²) in [6.45, 7) is 6.10. The minimum absolute atomic E-state index is 0.111. The average Bonchev–Trinajstić information content (AvgIpc) is 3.38. The zero-order chi connectivity index (χ0) is 24.2. The van der Waals surface area contributed by atoms with E-state index in [9.17, 15) is 4.79 Å². The summed E-state index contributed by atoms with van der Waals surface area (Å²) in [5.41, 5.74) is 5.75. The Kier molecular flexibility index (Phi) is 7.40. The van der Waals surface area contributed by atoms with Crippen molar-refractivity contribution in [2.45, 2.75) is 38.0 Å². The third-order valence-corrected chi connectivity index (χ3v) is 7.64. The highest BCUT2D eigenvalue weighted by Gasteiger charge is 2.35. The van der Waals surface area contributed by atoms with Gasteiger partial charge in [0.2, 0.25) is 0 Å². The summed E-state index contributed by atoms with van der Waals surface area (Å²) in [5, 5.41) is 8.67. The van der Waals surface area contributed by atoms with E-state index in [0.29, 0.717) is 39.3 Å². The Hall–Kier alpha value is -2.83. The number of aromatic nitrogens is 2. The number of aromatic amines is 1. The molecule has 184 valence electrons. The second-order valence-corrected chi connectivity index (χ2v) is 10.0. The van der Waals surface area contributed by atoms with Crippen molar-refractivity contribution in [2.24, 2.45) is 0 Å². The lowest BCUT2D eigenvalue weighted by Gasteiger charge is -2.40. The van der Waals surface area contributed by atoms with E-state index in [0.717, 1.165) is 41.4 Å². The number of morpholine rings is 1. The number of hydrogen-bond acceptors (Lipinski definition) is 3. The third kappa shape index (κ3) is 5.54. The maximum atomic E-state index is 13.4. The summed E-state index contributed by atoms with van der Waals surface area (Å²) in [4.78, 5) is 17.4. The number of urea groups is 1. The average molecular weight is 493 g/mol.